The lowest BCUT2D eigenvalue weighted by molar-refractivity contribution is -0.122. The molecule has 7 nitrogen and oxygen atoms in total. The summed E-state index contributed by atoms with van der Waals surface area (Å²) in [7, 11) is 1.63. The summed E-state index contributed by atoms with van der Waals surface area (Å²) in [5, 5.41) is 9.86. The Kier molecular flexibility index (Phi) is 9.29. The van der Waals surface area contributed by atoms with Gasteiger partial charge in [0, 0.05) is 31.7 Å². The lowest BCUT2D eigenvalue weighted by Crippen LogP contribution is -2.35. The van der Waals surface area contributed by atoms with E-state index in [1.807, 2.05) is 44.2 Å². The van der Waals surface area contributed by atoms with E-state index in [0.717, 1.165) is 67.9 Å². The van der Waals surface area contributed by atoms with Crippen LogP contribution in [0.15, 0.2) is 34.0 Å². The Hall–Kier alpha value is -3.09. The predicted molar refractivity (Wildman–Crippen MR) is 158 cm³/mol. The van der Waals surface area contributed by atoms with Crippen molar-refractivity contribution in [3.63, 3.8) is 0 Å². The Labute approximate surface area is 234 Å². The molecule has 2 aliphatic heterocycles. The first-order valence-electron chi connectivity index (χ1n) is 13.2. The number of thiocarbonyl (C=S) groups is 1. The number of benzene rings is 1. The molecule has 38 heavy (non-hydrogen) atoms. The van der Waals surface area contributed by atoms with Crippen LogP contribution < -0.4 is 15.2 Å². The normalized spacial score (nSPS) is 17.2. The minimum atomic E-state index is -0.254. The zero-order valence-corrected chi connectivity index (χ0v) is 23.9. The minimum Gasteiger partial charge on any atom is -0.497 e. The van der Waals surface area contributed by atoms with E-state index in [1.165, 1.54) is 11.8 Å². The second-order valence-corrected chi connectivity index (χ2v) is 11.3. The molecule has 1 aromatic carbocycles. The molecule has 4 rings (SSSR count). The third-order valence-electron chi connectivity index (χ3n) is 7.13. The van der Waals surface area contributed by atoms with E-state index in [9.17, 15) is 14.9 Å². The molecule has 0 radical (unpaired) electrons. The highest BCUT2D eigenvalue weighted by Crippen LogP contribution is 2.36. The number of anilines is 1. The van der Waals surface area contributed by atoms with Gasteiger partial charge in [-0.15, -0.1) is 0 Å². The van der Waals surface area contributed by atoms with E-state index >= 15 is 0 Å². The molecule has 0 unspecified atom stereocenters. The van der Waals surface area contributed by atoms with Crippen LogP contribution in [0.5, 0.6) is 5.75 Å². The monoisotopic (exact) mass is 550 g/mol. The maximum atomic E-state index is 13.5. The number of hydrogen-bond donors (Lipinski definition) is 0. The summed E-state index contributed by atoms with van der Waals surface area (Å²) in [4.78, 5) is 31.3. The van der Waals surface area contributed by atoms with Crippen LogP contribution in [-0.4, -0.2) is 46.4 Å². The molecule has 1 amide bonds. The summed E-state index contributed by atoms with van der Waals surface area (Å²) in [6, 6.07) is 9.92. The van der Waals surface area contributed by atoms with Crippen molar-refractivity contribution in [2.45, 2.75) is 58.9 Å². The molecule has 2 aromatic rings. The van der Waals surface area contributed by atoms with Crippen molar-refractivity contribution < 1.29 is 9.53 Å². The molecule has 0 spiro atoms. The van der Waals surface area contributed by atoms with Crippen molar-refractivity contribution in [2.75, 3.05) is 31.6 Å². The predicted octanol–water partition coefficient (Wildman–Crippen LogP) is 5.27. The Morgan fingerprint density at radius 1 is 1.11 bits per heavy atom. The van der Waals surface area contributed by atoms with Gasteiger partial charge >= 0.3 is 0 Å². The van der Waals surface area contributed by atoms with Crippen LogP contribution in [0.1, 0.15) is 61.3 Å². The van der Waals surface area contributed by atoms with E-state index in [4.69, 9.17) is 17.0 Å². The molecule has 2 aliphatic rings. The molecule has 0 aliphatic carbocycles. The van der Waals surface area contributed by atoms with Gasteiger partial charge in [-0.2, -0.15) is 5.26 Å². The second-order valence-electron chi connectivity index (χ2n) is 9.64. The van der Waals surface area contributed by atoms with Crippen molar-refractivity contribution in [3.8, 4) is 11.8 Å². The van der Waals surface area contributed by atoms with Gasteiger partial charge in [-0.1, -0.05) is 55.9 Å². The van der Waals surface area contributed by atoms with E-state index in [0.29, 0.717) is 34.3 Å². The van der Waals surface area contributed by atoms with Crippen LogP contribution in [0.4, 0.5) is 5.82 Å². The number of nitrogens with zero attached hydrogens (tertiary/aromatic N) is 4. The number of rotatable bonds is 8. The van der Waals surface area contributed by atoms with Crippen LogP contribution in [-0.2, 0) is 17.8 Å². The van der Waals surface area contributed by atoms with E-state index in [2.05, 4.69) is 11.0 Å². The Bertz CT molecular complexity index is 1330. The standard InChI is InChI=1S/C29H34N4O3S2/c1-4-14-32-26(31-15-7-5-6-8-16-31)23(20(2)24(19-30)27(32)34)18-25-28(35)33(29(37)38-25)17-13-21-9-11-22(36-3)12-10-21/h9-12,18H,4-8,13-17H2,1-3H3. The highest BCUT2D eigenvalue weighted by Gasteiger charge is 2.33. The third-order valence-corrected chi connectivity index (χ3v) is 8.51. The highest BCUT2D eigenvalue weighted by molar-refractivity contribution is 8.26. The average Bonchev–Trinajstić information content (AvgIpc) is 3.08. The number of carbonyl (C=O) groups excluding carboxylic acids is 1. The molecular formula is C29H34N4O3S2. The van der Waals surface area contributed by atoms with Crippen LogP contribution in [0.3, 0.4) is 0 Å². The van der Waals surface area contributed by atoms with E-state index in [1.54, 1.807) is 16.6 Å². The van der Waals surface area contributed by atoms with Gasteiger partial charge in [0.05, 0.1) is 12.0 Å². The van der Waals surface area contributed by atoms with Gasteiger partial charge in [0.15, 0.2) is 0 Å². The number of ether oxygens (including phenoxy) is 1. The van der Waals surface area contributed by atoms with Gasteiger partial charge in [-0.25, -0.2) is 0 Å². The zero-order valence-electron chi connectivity index (χ0n) is 22.3. The Balaban J connectivity index is 1.71. The van der Waals surface area contributed by atoms with Crippen molar-refractivity contribution in [1.82, 2.24) is 9.47 Å². The molecule has 2 fully saturated rings. The number of carbonyl (C=O) groups is 1. The summed E-state index contributed by atoms with van der Waals surface area (Å²) < 4.78 is 7.49. The fourth-order valence-corrected chi connectivity index (χ4v) is 6.35. The van der Waals surface area contributed by atoms with E-state index < -0.39 is 0 Å². The fraction of sp³-hybridized carbons (Fsp3) is 0.448. The van der Waals surface area contributed by atoms with E-state index in [-0.39, 0.29) is 17.0 Å². The summed E-state index contributed by atoms with van der Waals surface area (Å²) in [6.45, 7) is 6.52. The molecule has 0 bridgehead atoms. The Morgan fingerprint density at radius 3 is 2.39 bits per heavy atom. The van der Waals surface area contributed by atoms with Crippen LogP contribution in [0, 0.1) is 18.3 Å². The molecule has 9 heteroatoms. The van der Waals surface area contributed by atoms with Crippen LogP contribution >= 0.6 is 24.0 Å². The molecule has 2 saturated heterocycles. The highest BCUT2D eigenvalue weighted by atomic mass is 32.2. The fourth-order valence-electron chi connectivity index (χ4n) is 5.06. The number of methoxy groups -OCH3 is 1. The number of nitriles is 1. The SMILES string of the molecule is CCCn1c(N2CCCCCC2)c(C=C2SC(=S)N(CCc3ccc(OC)cc3)C2=O)c(C)c(C#N)c1=O. The first-order valence-corrected chi connectivity index (χ1v) is 14.4. The van der Waals surface area contributed by atoms with Crippen molar-refractivity contribution >= 4 is 46.1 Å². The van der Waals surface area contributed by atoms with Gasteiger partial charge < -0.3 is 9.64 Å². The molecule has 3 heterocycles. The van der Waals surface area contributed by atoms with Gasteiger partial charge in [-0.05, 0) is 61.9 Å². The first kappa shape index (κ1) is 27.9. The summed E-state index contributed by atoms with van der Waals surface area (Å²) in [5.41, 5.74) is 2.36. The van der Waals surface area contributed by atoms with Crippen LogP contribution in [0.2, 0.25) is 0 Å². The number of amides is 1. The quantitative estimate of drug-likeness (QED) is 0.327. The number of hydrogen-bond acceptors (Lipinski definition) is 7. The maximum Gasteiger partial charge on any atom is 0.270 e. The number of aromatic nitrogens is 1. The first-order chi connectivity index (χ1) is 18.4. The molecule has 0 atom stereocenters. The summed E-state index contributed by atoms with van der Waals surface area (Å²) in [5.74, 6) is 1.47. The summed E-state index contributed by atoms with van der Waals surface area (Å²) >= 11 is 6.88. The zero-order chi connectivity index (χ0) is 27.2. The lowest BCUT2D eigenvalue weighted by Gasteiger charge is -2.29. The molecule has 200 valence electrons. The summed E-state index contributed by atoms with van der Waals surface area (Å²) in [6.07, 6.45) is 7.70. The molecule has 0 saturated carbocycles. The smallest absolute Gasteiger partial charge is 0.270 e. The molecule has 1 aromatic heterocycles. The largest absolute Gasteiger partial charge is 0.497 e. The minimum absolute atomic E-state index is 0.137. The average molecular weight is 551 g/mol. The number of pyridine rings is 1. The van der Waals surface area contributed by atoms with Gasteiger partial charge in [0.25, 0.3) is 11.5 Å². The third kappa shape index (κ3) is 5.82. The topological polar surface area (TPSA) is 78.6 Å². The van der Waals surface area contributed by atoms with Crippen molar-refractivity contribution in [2.24, 2.45) is 0 Å². The molecule has 0 N–H and O–H groups in total. The van der Waals surface area contributed by atoms with Crippen molar-refractivity contribution in [3.05, 3.63) is 61.8 Å². The van der Waals surface area contributed by atoms with Crippen LogP contribution in [0.25, 0.3) is 6.08 Å². The lowest BCUT2D eigenvalue weighted by atomic mass is 10.0. The van der Waals surface area contributed by atoms with Gasteiger partial charge in [0.2, 0.25) is 0 Å². The number of thioether (sulfide) groups is 1. The second kappa shape index (κ2) is 12.6. The van der Waals surface area contributed by atoms with Crippen molar-refractivity contribution in [1.29, 1.82) is 5.26 Å². The molecular weight excluding hydrogens is 516 g/mol. The van der Waals surface area contributed by atoms with Gasteiger partial charge in [0.1, 0.15) is 27.5 Å². The maximum absolute atomic E-state index is 13.5. The Morgan fingerprint density at radius 2 is 1.79 bits per heavy atom. The van der Waals surface area contributed by atoms with Gasteiger partial charge in [-0.3, -0.25) is 19.1 Å².